The maximum atomic E-state index is 13.0. The number of hydrogen-bond acceptors (Lipinski definition) is 3. The summed E-state index contributed by atoms with van der Waals surface area (Å²) in [5.41, 5.74) is 6.45. The molecular weight excluding hydrogens is 321 g/mol. The maximum Gasteiger partial charge on any atom is 0.236 e. The van der Waals surface area contributed by atoms with E-state index >= 15 is 0 Å². The van der Waals surface area contributed by atoms with Crippen LogP contribution in [0.15, 0.2) is 24.3 Å². The van der Waals surface area contributed by atoms with E-state index in [0.717, 1.165) is 31.4 Å². The van der Waals surface area contributed by atoms with Crippen molar-refractivity contribution in [1.82, 2.24) is 9.80 Å². The van der Waals surface area contributed by atoms with Gasteiger partial charge in [0.1, 0.15) is 5.82 Å². The molecule has 3 rings (SSSR count). The van der Waals surface area contributed by atoms with Crippen molar-refractivity contribution < 1.29 is 14.0 Å². The second-order valence-corrected chi connectivity index (χ2v) is 7.15. The topological polar surface area (TPSA) is 66.6 Å². The summed E-state index contributed by atoms with van der Waals surface area (Å²) in [6.45, 7) is 2.58. The lowest BCUT2D eigenvalue weighted by Gasteiger charge is -2.33. The summed E-state index contributed by atoms with van der Waals surface area (Å²) >= 11 is 0. The van der Waals surface area contributed by atoms with E-state index < -0.39 is 0 Å². The monoisotopic (exact) mass is 347 g/mol. The first-order valence-electron chi connectivity index (χ1n) is 9.08. The van der Waals surface area contributed by atoms with Crippen molar-refractivity contribution in [3.05, 3.63) is 35.6 Å². The van der Waals surface area contributed by atoms with E-state index in [-0.39, 0.29) is 23.5 Å². The Morgan fingerprint density at radius 1 is 1.08 bits per heavy atom. The summed E-state index contributed by atoms with van der Waals surface area (Å²) in [6, 6.07) is 6.95. The van der Waals surface area contributed by atoms with E-state index in [4.69, 9.17) is 5.73 Å². The fourth-order valence-corrected chi connectivity index (χ4v) is 3.91. The largest absolute Gasteiger partial charge is 0.369 e. The first-order valence-corrected chi connectivity index (χ1v) is 9.08. The summed E-state index contributed by atoms with van der Waals surface area (Å²) in [6.07, 6.45) is 4.33. The van der Waals surface area contributed by atoms with Crippen LogP contribution >= 0.6 is 0 Å². The molecule has 0 spiro atoms. The Balaban J connectivity index is 1.52. The van der Waals surface area contributed by atoms with Crippen LogP contribution in [0.4, 0.5) is 4.39 Å². The molecule has 2 N–H and O–H groups in total. The molecule has 2 saturated heterocycles. The maximum absolute atomic E-state index is 13.0. The van der Waals surface area contributed by atoms with E-state index in [1.54, 1.807) is 0 Å². The van der Waals surface area contributed by atoms with Gasteiger partial charge in [0.05, 0.1) is 6.54 Å². The first-order chi connectivity index (χ1) is 12.0. The lowest BCUT2D eigenvalue weighted by molar-refractivity contribution is -0.136. The van der Waals surface area contributed by atoms with E-state index in [2.05, 4.69) is 4.90 Å². The fraction of sp³-hybridized carbons (Fsp3) is 0.579. The van der Waals surface area contributed by atoms with Gasteiger partial charge in [-0.05, 0) is 56.3 Å². The van der Waals surface area contributed by atoms with Crippen molar-refractivity contribution in [2.75, 3.05) is 26.2 Å². The van der Waals surface area contributed by atoms with Gasteiger partial charge in [0.15, 0.2) is 0 Å². The number of nitrogens with two attached hydrogens (primary N) is 1. The Hall–Kier alpha value is -1.95. The molecule has 1 aromatic rings. The average Bonchev–Trinajstić information content (AvgIpc) is 3.03. The first kappa shape index (κ1) is 17.9. The number of hydrogen-bond donors (Lipinski definition) is 1. The third-order valence-corrected chi connectivity index (χ3v) is 5.47. The van der Waals surface area contributed by atoms with Crippen molar-refractivity contribution in [2.45, 2.75) is 38.1 Å². The van der Waals surface area contributed by atoms with E-state index in [1.807, 2.05) is 17.0 Å². The van der Waals surface area contributed by atoms with Gasteiger partial charge in [0.25, 0.3) is 0 Å². The minimum atomic E-state index is -0.258. The van der Waals surface area contributed by atoms with Gasteiger partial charge in [0, 0.05) is 25.0 Å². The van der Waals surface area contributed by atoms with Crippen molar-refractivity contribution in [3.8, 4) is 0 Å². The van der Waals surface area contributed by atoms with Crippen LogP contribution in [-0.4, -0.2) is 53.8 Å². The summed E-state index contributed by atoms with van der Waals surface area (Å²) in [4.78, 5) is 27.9. The van der Waals surface area contributed by atoms with Gasteiger partial charge < -0.3 is 10.6 Å². The van der Waals surface area contributed by atoms with E-state index in [1.165, 1.54) is 12.1 Å². The van der Waals surface area contributed by atoms with Crippen LogP contribution in [0.25, 0.3) is 0 Å². The van der Waals surface area contributed by atoms with Gasteiger partial charge in [-0.1, -0.05) is 12.1 Å². The summed E-state index contributed by atoms with van der Waals surface area (Å²) in [5, 5.41) is 0. The third kappa shape index (κ3) is 4.57. The van der Waals surface area contributed by atoms with Crippen molar-refractivity contribution in [2.24, 2.45) is 11.7 Å². The number of amides is 2. The average molecular weight is 347 g/mol. The van der Waals surface area contributed by atoms with Gasteiger partial charge in [-0.3, -0.25) is 14.5 Å². The summed E-state index contributed by atoms with van der Waals surface area (Å²) < 4.78 is 13.0. The molecule has 0 unspecified atom stereocenters. The van der Waals surface area contributed by atoms with Crippen LogP contribution in [0.2, 0.25) is 0 Å². The zero-order chi connectivity index (χ0) is 17.8. The van der Waals surface area contributed by atoms with Gasteiger partial charge in [-0.2, -0.15) is 0 Å². The number of piperidine rings is 1. The zero-order valence-electron chi connectivity index (χ0n) is 14.5. The molecule has 0 bridgehead atoms. The molecular formula is C19H26FN3O2. The Labute approximate surface area is 148 Å². The molecule has 6 heteroatoms. The van der Waals surface area contributed by atoms with Crippen molar-refractivity contribution in [3.63, 3.8) is 0 Å². The number of primary amides is 1. The van der Waals surface area contributed by atoms with Crippen molar-refractivity contribution in [1.29, 1.82) is 0 Å². The highest BCUT2D eigenvalue weighted by atomic mass is 19.1. The lowest BCUT2D eigenvalue weighted by atomic mass is 9.96. The number of carbonyl (C=O) groups excluding carboxylic acids is 2. The molecule has 2 aliphatic heterocycles. The normalized spacial score (nSPS) is 22.3. The highest BCUT2D eigenvalue weighted by molar-refractivity contribution is 5.80. The Morgan fingerprint density at radius 2 is 1.76 bits per heavy atom. The quantitative estimate of drug-likeness (QED) is 0.879. The SMILES string of the molecule is NC(=O)C1CCN(C(=O)CN2CCC[C@H]2Cc2ccc(F)cc2)CC1. The molecule has 0 radical (unpaired) electrons. The predicted molar refractivity (Wildman–Crippen MR) is 93.2 cm³/mol. The van der Waals surface area contributed by atoms with Gasteiger partial charge in [-0.25, -0.2) is 4.39 Å². The standard InChI is InChI=1S/C19H26FN3O2/c20-16-5-3-14(4-6-16)12-17-2-1-9-23(17)13-18(24)22-10-7-15(8-11-22)19(21)25/h3-6,15,17H,1-2,7-13H2,(H2,21,25)/t17-/m0/s1. The Bertz CT molecular complexity index is 612. The molecule has 2 amide bonds. The second-order valence-electron chi connectivity index (χ2n) is 7.15. The van der Waals surface area contributed by atoms with Gasteiger partial charge in [0.2, 0.25) is 11.8 Å². The van der Waals surface area contributed by atoms with Crippen LogP contribution in [0.1, 0.15) is 31.2 Å². The van der Waals surface area contributed by atoms with Crippen LogP contribution in [0.3, 0.4) is 0 Å². The molecule has 1 atom stereocenters. The third-order valence-electron chi connectivity index (χ3n) is 5.47. The number of carbonyl (C=O) groups is 2. The van der Waals surface area contributed by atoms with Crippen LogP contribution < -0.4 is 5.73 Å². The molecule has 2 fully saturated rings. The molecule has 2 aliphatic rings. The predicted octanol–water partition coefficient (Wildman–Crippen LogP) is 1.56. The minimum Gasteiger partial charge on any atom is -0.369 e. The van der Waals surface area contributed by atoms with Gasteiger partial charge >= 0.3 is 0 Å². The molecule has 0 saturated carbocycles. The van der Waals surface area contributed by atoms with E-state index in [0.29, 0.717) is 38.5 Å². The molecule has 2 heterocycles. The second kappa shape index (κ2) is 7.95. The van der Waals surface area contributed by atoms with Crippen molar-refractivity contribution >= 4 is 11.8 Å². The molecule has 25 heavy (non-hydrogen) atoms. The molecule has 1 aromatic carbocycles. The van der Waals surface area contributed by atoms with Gasteiger partial charge in [-0.15, -0.1) is 0 Å². The number of rotatable bonds is 5. The Morgan fingerprint density at radius 3 is 2.40 bits per heavy atom. The number of benzene rings is 1. The molecule has 5 nitrogen and oxygen atoms in total. The highest BCUT2D eigenvalue weighted by Gasteiger charge is 2.30. The molecule has 0 aliphatic carbocycles. The van der Waals surface area contributed by atoms with Crippen LogP contribution in [0, 0.1) is 11.7 Å². The zero-order valence-corrected chi connectivity index (χ0v) is 14.5. The number of halogens is 1. The van der Waals surface area contributed by atoms with E-state index in [9.17, 15) is 14.0 Å². The molecule has 0 aromatic heterocycles. The number of nitrogens with zero attached hydrogens (tertiary/aromatic N) is 2. The van der Waals surface area contributed by atoms with Crippen LogP contribution in [-0.2, 0) is 16.0 Å². The Kier molecular flexibility index (Phi) is 5.68. The highest BCUT2D eigenvalue weighted by Crippen LogP contribution is 2.22. The molecule has 136 valence electrons. The van der Waals surface area contributed by atoms with Crippen LogP contribution in [0.5, 0.6) is 0 Å². The smallest absolute Gasteiger partial charge is 0.236 e. The minimum absolute atomic E-state index is 0.0953. The lowest BCUT2D eigenvalue weighted by Crippen LogP contribution is -2.47. The summed E-state index contributed by atoms with van der Waals surface area (Å²) in [7, 11) is 0. The number of likely N-dealkylation sites (tertiary alicyclic amines) is 2. The summed E-state index contributed by atoms with van der Waals surface area (Å²) in [5.74, 6) is -0.441. The fourth-order valence-electron chi connectivity index (χ4n) is 3.91.